The summed E-state index contributed by atoms with van der Waals surface area (Å²) in [4.78, 5) is 2.45. The summed E-state index contributed by atoms with van der Waals surface area (Å²) in [6.07, 6.45) is 1.59. The van der Waals surface area contributed by atoms with Crippen LogP contribution in [0, 0.1) is 0 Å². The number of nitrogens with zero attached hydrogens (tertiary/aromatic N) is 1. The maximum absolute atomic E-state index is 5.31. The van der Waals surface area contributed by atoms with Crippen LogP contribution in [-0.2, 0) is 4.74 Å². The zero-order valence-electron chi connectivity index (χ0n) is 9.05. The predicted octanol–water partition coefficient (Wildman–Crippen LogP) is 0.705. The molecule has 0 aromatic carbocycles. The minimum absolute atomic E-state index is 0.431. The fraction of sp³-hybridized carbons (Fsp3) is 1.00. The third-order valence-electron chi connectivity index (χ3n) is 2.89. The molecule has 0 bridgehead atoms. The molecule has 1 saturated heterocycles. The third-order valence-corrected chi connectivity index (χ3v) is 2.89. The molecule has 2 unspecified atom stereocenters. The van der Waals surface area contributed by atoms with Crippen molar-refractivity contribution >= 4 is 0 Å². The van der Waals surface area contributed by atoms with Gasteiger partial charge in [-0.05, 0) is 19.5 Å². The van der Waals surface area contributed by atoms with Gasteiger partial charge in [-0.3, -0.25) is 0 Å². The highest BCUT2D eigenvalue weighted by atomic mass is 16.5. The first kappa shape index (κ1) is 11.0. The lowest BCUT2D eigenvalue weighted by Gasteiger charge is -2.22. The van der Waals surface area contributed by atoms with Crippen molar-refractivity contribution in [3.05, 3.63) is 0 Å². The lowest BCUT2D eigenvalue weighted by atomic mass is 10.2. The number of hydrogen-bond acceptors (Lipinski definition) is 3. The normalized spacial score (nSPS) is 28.6. The minimum atomic E-state index is 0.431. The van der Waals surface area contributed by atoms with E-state index in [0.29, 0.717) is 12.1 Å². The number of ether oxygens (including phenoxy) is 1. The lowest BCUT2D eigenvalue weighted by molar-refractivity contribution is 0.116. The molecule has 0 spiro atoms. The Morgan fingerprint density at radius 1 is 1.38 bits per heavy atom. The van der Waals surface area contributed by atoms with Crippen molar-refractivity contribution in [3.63, 3.8) is 0 Å². The standard InChI is InChI=1S/C10H22N2O/c1-4-12(5-2)8-9-6-10(13-3)7-11-9/h9-11H,4-8H2,1-3H3. The molecule has 1 N–H and O–H groups in total. The van der Waals surface area contributed by atoms with Crippen molar-refractivity contribution < 1.29 is 4.74 Å². The van der Waals surface area contributed by atoms with Gasteiger partial charge in [0.1, 0.15) is 0 Å². The molecule has 0 saturated carbocycles. The molecule has 2 atom stereocenters. The van der Waals surface area contributed by atoms with E-state index in [1.807, 2.05) is 0 Å². The SMILES string of the molecule is CCN(CC)CC1CC(OC)CN1. The van der Waals surface area contributed by atoms with Crippen molar-refractivity contribution in [1.82, 2.24) is 10.2 Å². The summed E-state index contributed by atoms with van der Waals surface area (Å²) in [6, 6.07) is 0.629. The quantitative estimate of drug-likeness (QED) is 0.684. The number of methoxy groups -OCH3 is 1. The number of hydrogen-bond donors (Lipinski definition) is 1. The van der Waals surface area contributed by atoms with Crippen molar-refractivity contribution in [3.8, 4) is 0 Å². The van der Waals surface area contributed by atoms with Crippen LogP contribution in [0.1, 0.15) is 20.3 Å². The zero-order chi connectivity index (χ0) is 9.68. The molecule has 1 rings (SSSR count). The summed E-state index contributed by atoms with van der Waals surface area (Å²) in [6.45, 7) is 8.90. The second kappa shape index (κ2) is 5.58. The Kier molecular flexibility index (Phi) is 4.70. The van der Waals surface area contributed by atoms with Gasteiger partial charge in [-0.1, -0.05) is 13.8 Å². The van der Waals surface area contributed by atoms with Crippen LogP contribution in [0.25, 0.3) is 0 Å². The second-order valence-corrected chi connectivity index (χ2v) is 3.68. The first-order chi connectivity index (χ1) is 6.30. The zero-order valence-corrected chi connectivity index (χ0v) is 9.05. The van der Waals surface area contributed by atoms with E-state index in [1.54, 1.807) is 7.11 Å². The van der Waals surface area contributed by atoms with Crippen molar-refractivity contribution in [2.24, 2.45) is 0 Å². The molecule has 0 amide bonds. The summed E-state index contributed by atoms with van der Waals surface area (Å²) in [5.74, 6) is 0. The maximum Gasteiger partial charge on any atom is 0.0711 e. The Hall–Kier alpha value is -0.120. The first-order valence-corrected chi connectivity index (χ1v) is 5.28. The van der Waals surface area contributed by atoms with Crippen molar-refractivity contribution in [1.29, 1.82) is 0 Å². The second-order valence-electron chi connectivity index (χ2n) is 3.68. The predicted molar refractivity (Wildman–Crippen MR) is 55.0 cm³/mol. The summed E-state index contributed by atoms with van der Waals surface area (Å²) < 4.78 is 5.31. The Morgan fingerprint density at radius 2 is 2.08 bits per heavy atom. The molecule has 0 aliphatic carbocycles. The van der Waals surface area contributed by atoms with Crippen molar-refractivity contribution in [2.45, 2.75) is 32.4 Å². The lowest BCUT2D eigenvalue weighted by Crippen LogP contribution is -2.37. The van der Waals surface area contributed by atoms with Gasteiger partial charge in [0.05, 0.1) is 6.10 Å². The van der Waals surface area contributed by atoms with Gasteiger partial charge in [-0.25, -0.2) is 0 Å². The fourth-order valence-corrected chi connectivity index (χ4v) is 1.89. The molecular formula is C10H22N2O. The van der Waals surface area contributed by atoms with Gasteiger partial charge in [-0.15, -0.1) is 0 Å². The highest BCUT2D eigenvalue weighted by molar-refractivity contribution is 4.84. The van der Waals surface area contributed by atoms with Crippen LogP contribution in [0.4, 0.5) is 0 Å². The van der Waals surface area contributed by atoms with Crippen LogP contribution in [0.15, 0.2) is 0 Å². The summed E-state index contributed by atoms with van der Waals surface area (Å²) in [5.41, 5.74) is 0. The van der Waals surface area contributed by atoms with E-state index in [1.165, 1.54) is 0 Å². The minimum Gasteiger partial charge on any atom is -0.380 e. The molecule has 0 aromatic rings. The average molecular weight is 186 g/mol. The molecule has 1 aliphatic heterocycles. The molecule has 0 radical (unpaired) electrons. The molecule has 1 heterocycles. The molecule has 78 valence electrons. The van der Waals surface area contributed by atoms with Crippen LogP contribution in [0.2, 0.25) is 0 Å². The number of nitrogens with one attached hydrogen (secondary N) is 1. The van der Waals surface area contributed by atoms with Crippen LogP contribution >= 0.6 is 0 Å². The molecule has 1 aliphatic rings. The molecule has 0 aromatic heterocycles. The smallest absolute Gasteiger partial charge is 0.0711 e. The molecule has 1 fully saturated rings. The maximum atomic E-state index is 5.31. The summed E-state index contributed by atoms with van der Waals surface area (Å²) >= 11 is 0. The van der Waals surface area contributed by atoms with E-state index >= 15 is 0 Å². The topological polar surface area (TPSA) is 24.5 Å². The van der Waals surface area contributed by atoms with Crippen LogP contribution in [-0.4, -0.2) is 50.3 Å². The van der Waals surface area contributed by atoms with Gasteiger partial charge in [0.2, 0.25) is 0 Å². The monoisotopic (exact) mass is 186 g/mol. The molecule has 3 nitrogen and oxygen atoms in total. The highest BCUT2D eigenvalue weighted by Gasteiger charge is 2.24. The van der Waals surface area contributed by atoms with Gasteiger partial charge in [0.15, 0.2) is 0 Å². The molecule has 13 heavy (non-hydrogen) atoms. The highest BCUT2D eigenvalue weighted by Crippen LogP contribution is 2.10. The van der Waals surface area contributed by atoms with E-state index < -0.39 is 0 Å². The van der Waals surface area contributed by atoms with Crippen LogP contribution < -0.4 is 5.32 Å². The summed E-state index contributed by atoms with van der Waals surface area (Å²) in [7, 11) is 1.80. The van der Waals surface area contributed by atoms with Gasteiger partial charge in [0.25, 0.3) is 0 Å². The fourth-order valence-electron chi connectivity index (χ4n) is 1.89. The van der Waals surface area contributed by atoms with E-state index in [4.69, 9.17) is 4.74 Å². The Morgan fingerprint density at radius 3 is 2.54 bits per heavy atom. The van der Waals surface area contributed by atoms with Gasteiger partial charge >= 0.3 is 0 Å². The largest absolute Gasteiger partial charge is 0.380 e. The Bertz CT molecular complexity index is 137. The Balaban J connectivity index is 2.22. The number of likely N-dealkylation sites (N-methyl/N-ethyl adjacent to an activating group) is 1. The third kappa shape index (κ3) is 3.25. The number of rotatable bonds is 5. The van der Waals surface area contributed by atoms with E-state index in [2.05, 4.69) is 24.1 Å². The Labute approximate surface area is 81.4 Å². The molecule has 3 heteroatoms. The van der Waals surface area contributed by atoms with Gasteiger partial charge < -0.3 is 15.0 Å². The van der Waals surface area contributed by atoms with Gasteiger partial charge in [0, 0.05) is 26.2 Å². The average Bonchev–Trinajstić information content (AvgIpc) is 2.61. The van der Waals surface area contributed by atoms with Crippen LogP contribution in [0.3, 0.4) is 0 Å². The van der Waals surface area contributed by atoms with Crippen molar-refractivity contribution in [2.75, 3.05) is 33.3 Å². The first-order valence-electron chi connectivity index (χ1n) is 5.28. The van der Waals surface area contributed by atoms with E-state index in [9.17, 15) is 0 Å². The van der Waals surface area contributed by atoms with Gasteiger partial charge in [-0.2, -0.15) is 0 Å². The molecular weight excluding hydrogens is 164 g/mol. The summed E-state index contributed by atoms with van der Waals surface area (Å²) in [5, 5.41) is 3.49. The van der Waals surface area contributed by atoms with Crippen LogP contribution in [0.5, 0.6) is 0 Å². The van der Waals surface area contributed by atoms with E-state index in [-0.39, 0.29) is 0 Å². The van der Waals surface area contributed by atoms with E-state index in [0.717, 1.165) is 32.6 Å².